The molecule has 2 atom stereocenters. The Kier molecular flexibility index (Phi) is 27.9. The smallest absolute Gasteiger partial charge is 0.306 e. The standard InChI is InChI=1S/C38H65NO7/c1-6-8-10-12-14-15-16-17-18-19-20-21-23-25-27-29-37(41)46-34(32-44-31-30-35(38(42)43)39(3,4)5)33-45-36(40)28-26-24-22-13-11-9-7-2/h9,11,14-17,22,24,34-35H,6-8,10,12-13,18-21,23,25-33H2,1-5H3/b11-9+,15-14+,17-16+,24-22+. The number of likely N-dealkylation sites (N-methyl/N-ethyl adjacent to an activating group) is 1. The summed E-state index contributed by atoms with van der Waals surface area (Å²) in [6, 6.07) is -0.733. The molecule has 264 valence electrons. The summed E-state index contributed by atoms with van der Waals surface area (Å²) in [6.07, 6.45) is 31.7. The van der Waals surface area contributed by atoms with E-state index in [2.05, 4.69) is 50.3 Å². The third kappa shape index (κ3) is 27.6. The van der Waals surface area contributed by atoms with Crippen LogP contribution in [0, 0.1) is 0 Å². The van der Waals surface area contributed by atoms with Crippen molar-refractivity contribution in [1.29, 1.82) is 0 Å². The number of hydrogen-bond donors (Lipinski definition) is 0. The number of unbranched alkanes of at least 4 members (excludes halogenated alkanes) is 9. The molecule has 0 rings (SSSR count). The maximum absolute atomic E-state index is 12.6. The van der Waals surface area contributed by atoms with E-state index in [-0.39, 0.29) is 49.1 Å². The monoisotopic (exact) mass is 647 g/mol. The van der Waals surface area contributed by atoms with Gasteiger partial charge in [-0.05, 0) is 51.4 Å². The van der Waals surface area contributed by atoms with E-state index in [4.69, 9.17) is 14.2 Å². The van der Waals surface area contributed by atoms with Gasteiger partial charge >= 0.3 is 11.9 Å². The SMILES string of the molecule is CC/C=C/C/C=C/CCC(=O)OCC(COCCC(C(=O)[O-])[N+](C)(C)C)OC(=O)CCCCCCCC/C=C/C=C/CCCCC. The van der Waals surface area contributed by atoms with Crippen molar-refractivity contribution in [1.82, 2.24) is 0 Å². The lowest BCUT2D eigenvalue weighted by atomic mass is 10.1. The van der Waals surface area contributed by atoms with E-state index in [1.54, 1.807) is 21.1 Å². The molecule has 0 aromatic heterocycles. The van der Waals surface area contributed by atoms with Gasteiger partial charge in [-0.2, -0.15) is 0 Å². The lowest BCUT2D eigenvalue weighted by Gasteiger charge is -2.34. The fraction of sp³-hybridized carbons (Fsp3) is 0.711. The first kappa shape index (κ1) is 43.3. The summed E-state index contributed by atoms with van der Waals surface area (Å²) in [7, 11) is 5.36. The zero-order valence-corrected chi connectivity index (χ0v) is 29.7. The summed E-state index contributed by atoms with van der Waals surface area (Å²) >= 11 is 0. The zero-order chi connectivity index (χ0) is 34.3. The molecule has 0 radical (unpaired) electrons. The number of aliphatic carboxylic acids is 1. The summed E-state index contributed by atoms with van der Waals surface area (Å²) in [5.74, 6) is -1.85. The zero-order valence-electron chi connectivity index (χ0n) is 29.7. The summed E-state index contributed by atoms with van der Waals surface area (Å²) in [5.41, 5.74) is 0. The number of quaternary nitrogens is 1. The average Bonchev–Trinajstić information content (AvgIpc) is 3.00. The number of allylic oxidation sites excluding steroid dienone is 8. The predicted molar refractivity (Wildman–Crippen MR) is 185 cm³/mol. The summed E-state index contributed by atoms with van der Waals surface area (Å²) in [5, 5.41) is 11.5. The van der Waals surface area contributed by atoms with E-state index < -0.39 is 18.1 Å². The minimum atomic E-state index is -1.14. The molecule has 8 nitrogen and oxygen atoms in total. The number of rotatable bonds is 30. The highest BCUT2D eigenvalue weighted by Gasteiger charge is 2.25. The first-order valence-electron chi connectivity index (χ1n) is 17.7. The van der Waals surface area contributed by atoms with Crippen LogP contribution in [-0.4, -0.2) is 75.5 Å². The summed E-state index contributed by atoms with van der Waals surface area (Å²) < 4.78 is 16.9. The van der Waals surface area contributed by atoms with Crippen LogP contribution in [0.3, 0.4) is 0 Å². The molecular formula is C38H65NO7. The Hall–Kier alpha value is -2.71. The molecule has 0 saturated heterocycles. The second-order valence-electron chi connectivity index (χ2n) is 12.7. The first-order valence-corrected chi connectivity index (χ1v) is 17.7. The average molecular weight is 648 g/mol. The maximum Gasteiger partial charge on any atom is 0.306 e. The molecule has 0 fully saturated rings. The second-order valence-corrected chi connectivity index (χ2v) is 12.7. The first-order chi connectivity index (χ1) is 22.1. The van der Waals surface area contributed by atoms with Crippen molar-refractivity contribution in [3.05, 3.63) is 48.6 Å². The van der Waals surface area contributed by atoms with Crippen LogP contribution in [0.2, 0.25) is 0 Å². The molecule has 0 aliphatic rings. The Balaban J connectivity index is 4.48. The van der Waals surface area contributed by atoms with E-state index in [9.17, 15) is 19.5 Å². The van der Waals surface area contributed by atoms with Crippen LogP contribution in [0.5, 0.6) is 0 Å². The number of ether oxygens (including phenoxy) is 3. The summed E-state index contributed by atoms with van der Waals surface area (Å²) in [4.78, 5) is 36.4. The molecule has 0 amide bonds. The molecule has 8 heteroatoms. The second kappa shape index (κ2) is 29.7. The van der Waals surface area contributed by atoms with Crippen molar-refractivity contribution in [2.75, 3.05) is 41.0 Å². The number of carbonyl (C=O) groups is 3. The van der Waals surface area contributed by atoms with Crippen molar-refractivity contribution < 1.29 is 38.2 Å². The van der Waals surface area contributed by atoms with Crippen molar-refractivity contribution in [3.8, 4) is 0 Å². The number of hydrogen-bond acceptors (Lipinski definition) is 7. The molecule has 0 spiro atoms. The van der Waals surface area contributed by atoms with Gasteiger partial charge < -0.3 is 28.6 Å². The Labute approximate surface area is 280 Å². The molecular weight excluding hydrogens is 582 g/mol. The highest BCUT2D eigenvalue weighted by atomic mass is 16.6. The van der Waals surface area contributed by atoms with Gasteiger partial charge in [0.15, 0.2) is 6.10 Å². The Morgan fingerprint density at radius 2 is 1.33 bits per heavy atom. The van der Waals surface area contributed by atoms with Crippen LogP contribution < -0.4 is 5.11 Å². The van der Waals surface area contributed by atoms with Crippen LogP contribution in [0.15, 0.2) is 48.6 Å². The van der Waals surface area contributed by atoms with Crippen LogP contribution in [0.4, 0.5) is 0 Å². The van der Waals surface area contributed by atoms with Crippen molar-refractivity contribution >= 4 is 17.9 Å². The topological polar surface area (TPSA) is 102 Å². The van der Waals surface area contributed by atoms with Gasteiger partial charge in [0, 0.05) is 19.3 Å². The summed E-state index contributed by atoms with van der Waals surface area (Å²) in [6.45, 7) is 4.37. The molecule has 0 aromatic rings. The van der Waals surface area contributed by atoms with E-state index in [1.807, 2.05) is 12.2 Å². The van der Waals surface area contributed by atoms with Crippen molar-refractivity contribution in [2.45, 2.75) is 135 Å². The Morgan fingerprint density at radius 1 is 0.696 bits per heavy atom. The van der Waals surface area contributed by atoms with Crippen molar-refractivity contribution in [2.24, 2.45) is 0 Å². The van der Waals surface area contributed by atoms with Crippen molar-refractivity contribution in [3.63, 3.8) is 0 Å². The van der Waals surface area contributed by atoms with E-state index in [1.165, 1.54) is 32.1 Å². The van der Waals surface area contributed by atoms with Gasteiger partial charge in [-0.25, -0.2) is 0 Å². The minimum absolute atomic E-state index is 0.0166. The van der Waals surface area contributed by atoms with Gasteiger partial charge in [0.25, 0.3) is 0 Å². The van der Waals surface area contributed by atoms with Gasteiger partial charge in [-0.1, -0.05) is 101 Å². The Bertz CT molecular complexity index is 901. The largest absolute Gasteiger partial charge is 0.544 e. The van der Waals surface area contributed by atoms with Gasteiger partial charge in [-0.15, -0.1) is 0 Å². The van der Waals surface area contributed by atoms with Crippen LogP contribution in [-0.2, 0) is 28.6 Å². The fourth-order valence-corrected chi connectivity index (χ4v) is 4.71. The third-order valence-corrected chi connectivity index (χ3v) is 7.49. The number of nitrogens with zero attached hydrogens (tertiary/aromatic N) is 1. The fourth-order valence-electron chi connectivity index (χ4n) is 4.71. The minimum Gasteiger partial charge on any atom is -0.544 e. The predicted octanol–water partition coefficient (Wildman–Crippen LogP) is 7.18. The molecule has 0 aliphatic carbocycles. The van der Waals surface area contributed by atoms with E-state index >= 15 is 0 Å². The quantitative estimate of drug-likeness (QED) is 0.0268. The van der Waals surface area contributed by atoms with Crippen LogP contribution in [0.1, 0.15) is 123 Å². The molecule has 2 unspecified atom stereocenters. The molecule has 0 aliphatic heterocycles. The lowest BCUT2D eigenvalue weighted by molar-refractivity contribution is -0.889. The highest BCUT2D eigenvalue weighted by Crippen LogP contribution is 2.12. The normalized spacial score (nSPS) is 13.7. The van der Waals surface area contributed by atoms with Crippen LogP contribution >= 0.6 is 0 Å². The third-order valence-electron chi connectivity index (χ3n) is 7.49. The number of esters is 2. The van der Waals surface area contributed by atoms with Gasteiger partial charge in [-0.3, -0.25) is 9.59 Å². The van der Waals surface area contributed by atoms with Gasteiger partial charge in [0.05, 0.1) is 40.3 Å². The number of carbonyl (C=O) groups excluding carboxylic acids is 3. The van der Waals surface area contributed by atoms with E-state index in [0.717, 1.165) is 51.4 Å². The number of carboxylic acid groups (broad SMARTS) is 1. The Morgan fingerprint density at radius 3 is 1.96 bits per heavy atom. The molecule has 0 saturated carbocycles. The molecule has 0 aromatic carbocycles. The van der Waals surface area contributed by atoms with Gasteiger partial charge in [0.2, 0.25) is 0 Å². The van der Waals surface area contributed by atoms with Crippen LogP contribution in [0.25, 0.3) is 0 Å². The number of carboxylic acids is 1. The molecule has 0 heterocycles. The van der Waals surface area contributed by atoms with E-state index in [0.29, 0.717) is 12.8 Å². The lowest BCUT2D eigenvalue weighted by Crippen LogP contribution is -2.55. The maximum atomic E-state index is 12.6. The van der Waals surface area contributed by atoms with Gasteiger partial charge in [0.1, 0.15) is 12.6 Å². The molecule has 46 heavy (non-hydrogen) atoms. The molecule has 0 bridgehead atoms. The highest BCUT2D eigenvalue weighted by molar-refractivity contribution is 5.70. The molecule has 0 N–H and O–H groups in total.